The summed E-state index contributed by atoms with van der Waals surface area (Å²) < 4.78 is 38.9. The number of benzene rings is 2. The van der Waals surface area contributed by atoms with Gasteiger partial charge in [-0.05, 0) is 42.3 Å². The van der Waals surface area contributed by atoms with Crippen molar-refractivity contribution in [1.29, 1.82) is 0 Å². The number of hydrogen-bond donors (Lipinski definition) is 1. The van der Waals surface area contributed by atoms with Gasteiger partial charge in [-0.1, -0.05) is 18.2 Å². The van der Waals surface area contributed by atoms with Crippen molar-refractivity contribution < 1.29 is 27.3 Å². The number of hydrogen-bond acceptors (Lipinski definition) is 5. The van der Waals surface area contributed by atoms with E-state index in [2.05, 4.69) is 0 Å². The predicted octanol–water partition coefficient (Wildman–Crippen LogP) is 2.26. The monoisotopic (exact) mass is 414 g/mol. The molecule has 4 rings (SSSR count). The van der Waals surface area contributed by atoms with E-state index < -0.39 is 16.1 Å². The lowest BCUT2D eigenvalue weighted by molar-refractivity contribution is -0.141. The normalized spacial score (nSPS) is 14.1. The summed E-state index contributed by atoms with van der Waals surface area (Å²) in [7, 11) is -3.14. The zero-order chi connectivity index (χ0) is 20.8. The van der Waals surface area contributed by atoms with Crippen LogP contribution in [0.3, 0.4) is 0 Å². The zero-order valence-electron chi connectivity index (χ0n) is 15.5. The van der Waals surface area contributed by atoms with Gasteiger partial charge in [-0.3, -0.25) is 14.1 Å². The Balaban J connectivity index is 1.93. The maximum absolute atomic E-state index is 13.3. The first-order valence-corrected chi connectivity index (χ1v) is 10.3. The minimum Gasteiger partial charge on any atom is -0.468 e. The number of carbonyl (C=O) groups is 2. The summed E-state index contributed by atoms with van der Waals surface area (Å²) in [5, 5.41) is 0.514. The molecular formula is C20H18N2O6S. The Morgan fingerprint density at radius 2 is 1.90 bits per heavy atom. The van der Waals surface area contributed by atoms with Crippen LogP contribution in [0.1, 0.15) is 16.1 Å². The molecule has 0 radical (unpaired) electrons. The molecule has 1 aromatic heterocycles. The van der Waals surface area contributed by atoms with Crippen molar-refractivity contribution in [1.82, 2.24) is 4.57 Å². The van der Waals surface area contributed by atoms with Crippen LogP contribution in [0.15, 0.2) is 53.4 Å². The van der Waals surface area contributed by atoms with Gasteiger partial charge in [0.25, 0.3) is 16.0 Å². The fourth-order valence-electron chi connectivity index (χ4n) is 3.73. The van der Waals surface area contributed by atoms with E-state index in [1.807, 2.05) is 30.3 Å². The van der Waals surface area contributed by atoms with Gasteiger partial charge in [0.2, 0.25) is 0 Å². The summed E-state index contributed by atoms with van der Waals surface area (Å²) in [6.07, 6.45) is 0.468. The van der Waals surface area contributed by atoms with Crippen LogP contribution in [-0.2, 0) is 32.6 Å². The summed E-state index contributed by atoms with van der Waals surface area (Å²) in [5.74, 6) is -0.820. The van der Waals surface area contributed by atoms with E-state index in [4.69, 9.17) is 4.74 Å². The number of rotatable bonds is 4. The van der Waals surface area contributed by atoms with Crippen molar-refractivity contribution in [2.45, 2.75) is 17.9 Å². The molecule has 2 aromatic carbocycles. The van der Waals surface area contributed by atoms with Crippen LogP contribution < -0.4 is 4.90 Å². The SMILES string of the molecule is COC(=O)Cn1c2c(c3cc(S(=O)(=O)O)ccc31)CCN(c1ccccc1)C2=O. The molecule has 0 unspecified atom stereocenters. The third-order valence-electron chi connectivity index (χ3n) is 5.05. The van der Waals surface area contributed by atoms with Crippen LogP contribution in [0, 0.1) is 0 Å². The molecule has 3 aromatic rings. The van der Waals surface area contributed by atoms with E-state index in [9.17, 15) is 22.6 Å². The second kappa shape index (κ2) is 7.02. The van der Waals surface area contributed by atoms with Gasteiger partial charge in [-0.25, -0.2) is 0 Å². The van der Waals surface area contributed by atoms with Crippen molar-refractivity contribution in [3.8, 4) is 0 Å². The number of anilines is 1. The molecule has 1 amide bonds. The van der Waals surface area contributed by atoms with Crippen LogP contribution in [0.25, 0.3) is 10.9 Å². The third kappa shape index (κ3) is 3.28. The lowest BCUT2D eigenvalue weighted by Gasteiger charge is -2.28. The Hall–Kier alpha value is -3.17. The highest BCUT2D eigenvalue weighted by Gasteiger charge is 2.33. The average Bonchev–Trinajstić information content (AvgIpc) is 3.02. The van der Waals surface area contributed by atoms with E-state index in [-0.39, 0.29) is 17.3 Å². The van der Waals surface area contributed by atoms with E-state index in [0.717, 1.165) is 5.69 Å². The molecule has 150 valence electrons. The number of nitrogens with zero attached hydrogens (tertiary/aromatic N) is 2. The van der Waals surface area contributed by atoms with E-state index in [1.54, 1.807) is 9.47 Å². The van der Waals surface area contributed by atoms with Gasteiger partial charge in [0.15, 0.2) is 0 Å². The molecule has 1 N–H and O–H groups in total. The lowest BCUT2D eigenvalue weighted by atomic mass is 10.0. The molecule has 0 fully saturated rings. The fraction of sp³-hybridized carbons (Fsp3) is 0.200. The van der Waals surface area contributed by atoms with Crippen molar-refractivity contribution in [2.24, 2.45) is 0 Å². The van der Waals surface area contributed by atoms with Gasteiger partial charge in [-0.2, -0.15) is 8.42 Å². The predicted molar refractivity (Wildman–Crippen MR) is 106 cm³/mol. The Morgan fingerprint density at radius 1 is 1.17 bits per heavy atom. The molecule has 8 nitrogen and oxygen atoms in total. The maximum atomic E-state index is 13.3. The molecule has 29 heavy (non-hydrogen) atoms. The smallest absolute Gasteiger partial charge is 0.325 e. The highest BCUT2D eigenvalue weighted by atomic mass is 32.2. The Labute approximate surface area is 167 Å². The summed E-state index contributed by atoms with van der Waals surface area (Å²) in [5.41, 5.74) is 2.22. The Morgan fingerprint density at radius 3 is 2.55 bits per heavy atom. The summed E-state index contributed by atoms with van der Waals surface area (Å²) in [6, 6.07) is 13.2. The second-order valence-corrected chi connectivity index (χ2v) is 8.11. The number of esters is 1. The summed E-state index contributed by atoms with van der Waals surface area (Å²) >= 11 is 0. The molecule has 0 saturated carbocycles. The molecule has 0 bridgehead atoms. The van der Waals surface area contributed by atoms with Crippen molar-refractivity contribution >= 4 is 38.6 Å². The first kappa shape index (κ1) is 19.2. The summed E-state index contributed by atoms with van der Waals surface area (Å²) in [4.78, 5) is 26.7. The van der Waals surface area contributed by atoms with Crippen LogP contribution in [0.2, 0.25) is 0 Å². The van der Waals surface area contributed by atoms with Crippen LogP contribution >= 0.6 is 0 Å². The number of aromatic nitrogens is 1. The number of para-hydroxylation sites is 1. The standard InChI is InChI=1S/C20H18N2O6S/c1-28-18(23)12-22-17-8-7-14(29(25,26)27)11-16(17)15-9-10-21(20(24)19(15)22)13-5-3-2-4-6-13/h2-8,11H,9-10,12H2,1H3,(H,25,26,27). The second-order valence-electron chi connectivity index (χ2n) is 6.69. The Kier molecular flexibility index (Phi) is 4.64. The molecule has 1 aliphatic heterocycles. The van der Waals surface area contributed by atoms with Crippen molar-refractivity contribution in [3.63, 3.8) is 0 Å². The number of methoxy groups -OCH3 is 1. The molecule has 9 heteroatoms. The Bertz CT molecular complexity index is 1230. The number of carbonyl (C=O) groups excluding carboxylic acids is 2. The van der Waals surface area contributed by atoms with Gasteiger partial charge in [0.1, 0.15) is 12.2 Å². The van der Waals surface area contributed by atoms with Gasteiger partial charge < -0.3 is 14.2 Å². The molecular weight excluding hydrogens is 396 g/mol. The number of fused-ring (bicyclic) bond motifs is 3. The van der Waals surface area contributed by atoms with Gasteiger partial charge in [0.05, 0.1) is 12.0 Å². The largest absolute Gasteiger partial charge is 0.468 e. The van der Waals surface area contributed by atoms with Crippen molar-refractivity contribution in [3.05, 3.63) is 59.8 Å². The lowest BCUT2D eigenvalue weighted by Crippen LogP contribution is -2.39. The fourth-order valence-corrected chi connectivity index (χ4v) is 4.23. The van der Waals surface area contributed by atoms with Gasteiger partial charge in [-0.15, -0.1) is 0 Å². The van der Waals surface area contributed by atoms with Crippen LogP contribution in [-0.4, -0.2) is 43.1 Å². The quantitative estimate of drug-likeness (QED) is 0.519. The van der Waals surface area contributed by atoms with Gasteiger partial charge >= 0.3 is 5.97 Å². The van der Waals surface area contributed by atoms with Crippen LogP contribution in [0.4, 0.5) is 5.69 Å². The molecule has 2 heterocycles. The number of ether oxygens (including phenoxy) is 1. The average molecular weight is 414 g/mol. The molecule has 1 aliphatic rings. The molecule has 0 aliphatic carbocycles. The highest BCUT2D eigenvalue weighted by molar-refractivity contribution is 7.85. The summed E-state index contributed by atoms with van der Waals surface area (Å²) in [6.45, 7) is 0.214. The van der Waals surface area contributed by atoms with Crippen LogP contribution in [0.5, 0.6) is 0 Å². The van der Waals surface area contributed by atoms with E-state index in [1.165, 1.54) is 25.3 Å². The first-order valence-electron chi connectivity index (χ1n) is 8.87. The van der Waals surface area contributed by atoms with Gasteiger partial charge in [0, 0.05) is 23.1 Å². The van der Waals surface area contributed by atoms with Crippen molar-refractivity contribution in [2.75, 3.05) is 18.6 Å². The maximum Gasteiger partial charge on any atom is 0.325 e. The third-order valence-corrected chi connectivity index (χ3v) is 5.90. The van der Waals surface area contributed by atoms with E-state index in [0.29, 0.717) is 35.1 Å². The molecule has 0 spiro atoms. The topological polar surface area (TPSA) is 106 Å². The first-order chi connectivity index (χ1) is 13.8. The van der Waals surface area contributed by atoms with E-state index >= 15 is 0 Å². The number of amides is 1. The zero-order valence-corrected chi connectivity index (χ0v) is 16.3. The molecule has 0 atom stereocenters. The molecule has 0 saturated heterocycles. The minimum atomic E-state index is -4.40. The minimum absolute atomic E-state index is 0.193. The highest BCUT2D eigenvalue weighted by Crippen LogP contribution is 2.34.